The molecule has 7 rings (SSSR count). The summed E-state index contributed by atoms with van der Waals surface area (Å²) in [6.07, 6.45) is 1.89. The minimum Gasteiger partial charge on any atom is -0.507 e. The monoisotopic (exact) mass is 685 g/mol. The second-order valence-electron chi connectivity index (χ2n) is 16.9. The number of phenols is 1. The third-order valence-electron chi connectivity index (χ3n) is 10.4. The fourth-order valence-electron chi connectivity index (χ4n) is 7.50. The molecule has 7 aromatic rings. The molecule has 0 unspecified atom stereocenters. The van der Waals surface area contributed by atoms with Crippen LogP contribution in [0.2, 0.25) is 0 Å². The predicted molar refractivity (Wildman–Crippen MR) is 220 cm³/mol. The van der Waals surface area contributed by atoms with Crippen LogP contribution < -0.4 is 0 Å². The van der Waals surface area contributed by atoms with Crippen LogP contribution in [0.5, 0.6) is 5.75 Å². The molecule has 0 aliphatic rings. The summed E-state index contributed by atoms with van der Waals surface area (Å²) in [6, 6.07) is 36.7. The molecule has 0 fully saturated rings. The fourth-order valence-corrected chi connectivity index (χ4v) is 7.50. The number of pyridine rings is 1. The van der Waals surface area contributed by atoms with E-state index in [0.717, 1.165) is 61.4 Å². The molecule has 0 aliphatic heterocycles. The maximum absolute atomic E-state index is 12.3. The normalized spacial score (nSPS) is 12.5. The van der Waals surface area contributed by atoms with Crippen molar-refractivity contribution >= 4 is 21.8 Å². The van der Waals surface area contributed by atoms with Crippen LogP contribution in [0.3, 0.4) is 0 Å². The van der Waals surface area contributed by atoms with Crippen molar-refractivity contribution in [1.29, 1.82) is 0 Å². The van der Waals surface area contributed by atoms with E-state index in [1.165, 1.54) is 22.1 Å². The van der Waals surface area contributed by atoms with E-state index in [4.69, 9.17) is 9.97 Å². The number of imidazole rings is 1. The van der Waals surface area contributed by atoms with E-state index in [1.807, 2.05) is 6.20 Å². The summed E-state index contributed by atoms with van der Waals surface area (Å²) < 4.78 is 2.34. The topological polar surface area (TPSA) is 50.9 Å². The van der Waals surface area contributed by atoms with Crippen LogP contribution in [-0.2, 0) is 10.8 Å². The zero-order chi connectivity index (χ0) is 37.1. The van der Waals surface area contributed by atoms with Crippen LogP contribution >= 0.6 is 0 Å². The summed E-state index contributed by atoms with van der Waals surface area (Å²) in [5.74, 6) is 1.58. The molecule has 0 aliphatic carbocycles. The first-order valence-corrected chi connectivity index (χ1v) is 18.6. The average molecular weight is 686 g/mol. The van der Waals surface area contributed by atoms with Gasteiger partial charge in [0, 0.05) is 28.3 Å². The molecule has 1 N–H and O–H groups in total. The molecule has 0 atom stereocenters. The summed E-state index contributed by atoms with van der Waals surface area (Å²) in [5.41, 5.74) is 12.1. The molecule has 5 aromatic carbocycles. The number of aromatic hydroxyl groups is 1. The van der Waals surface area contributed by atoms with Gasteiger partial charge in [0.15, 0.2) is 0 Å². The quantitative estimate of drug-likeness (QED) is 0.190. The highest BCUT2D eigenvalue weighted by Gasteiger charge is 2.30. The standard InChI is InChI=1S/C48H51N3O/c1-29(2)35-20-14-21-36(30(3)4)44(35)51-41-23-15-22-38(32-17-13-18-33(26-32)42-37-19-12-11-16-31(37)24-25-49-42)43(41)50-46(51)39-27-34(47(5,6)7)28-40(45(39)52)48(8,9)10/h11-30,52H,1-10H3. The maximum Gasteiger partial charge on any atom is 0.149 e. The van der Waals surface area contributed by atoms with Crippen molar-refractivity contribution in [3.63, 3.8) is 0 Å². The molecule has 0 bridgehead atoms. The summed E-state index contributed by atoms with van der Waals surface area (Å²) in [7, 11) is 0. The van der Waals surface area contributed by atoms with Gasteiger partial charge < -0.3 is 5.11 Å². The Morgan fingerprint density at radius 1 is 0.635 bits per heavy atom. The first kappa shape index (κ1) is 35.2. The highest BCUT2D eigenvalue weighted by atomic mass is 16.3. The van der Waals surface area contributed by atoms with Crippen molar-refractivity contribution in [1.82, 2.24) is 14.5 Å². The van der Waals surface area contributed by atoms with Crippen LogP contribution in [0.1, 0.15) is 103 Å². The first-order chi connectivity index (χ1) is 24.6. The van der Waals surface area contributed by atoms with E-state index >= 15 is 0 Å². The van der Waals surface area contributed by atoms with Crippen LogP contribution in [-0.4, -0.2) is 19.6 Å². The lowest BCUT2D eigenvalue weighted by Gasteiger charge is -2.28. The van der Waals surface area contributed by atoms with Gasteiger partial charge in [0.2, 0.25) is 0 Å². The lowest BCUT2D eigenvalue weighted by Crippen LogP contribution is -2.17. The van der Waals surface area contributed by atoms with E-state index < -0.39 is 0 Å². The van der Waals surface area contributed by atoms with Gasteiger partial charge in [-0.15, -0.1) is 0 Å². The van der Waals surface area contributed by atoms with Crippen LogP contribution in [0, 0.1) is 0 Å². The highest BCUT2D eigenvalue weighted by molar-refractivity contribution is 5.99. The Morgan fingerprint density at radius 3 is 1.96 bits per heavy atom. The molecule has 2 aromatic heterocycles. The van der Waals surface area contributed by atoms with Gasteiger partial charge in [-0.05, 0) is 74.6 Å². The van der Waals surface area contributed by atoms with E-state index in [-0.39, 0.29) is 28.4 Å². The van der Waals surface area contributed by atoms with Gasteiger partial charge in [0.25, 0.3) is 0 Å². The highest BCUT2D eigenvalue weighted by Crippen LogP contribution is 2.46. The Balaban J connectivity index is 1.59. The van der Waals surface area contributed by atoms with Crippen LogP contribution in [0.15, 0.2) is 109 Å². The number of aromatic nitrogens is 3. The van der Waals surface area contributed by atoms with E-state index in [0.29, 0.717) is 0 Å². The summed E-state index contributed by atoms with van der Waals surface area (Å²) in [6.45, 7) is 22.2. The van der Waals surface area contributed by atoms with Gasteiger partial charge in [-0.3, -0.25) is 9.55 Å². The number of fused-ring (bicyclic) bond motifs is 2. The number of benzene rings is 5. The predicted octanol–water partition coefficient (Wildman–Crippen LogP) is 13.1. The lowest BCUT2D eigenvalue weighted by atomic mass is 9.79. The molecule has 0 spiro atoms. The van der Waals surface area contributed by atoms with E-state index in [1.54, 1.807) is 0 Å². The number of hydrogen-bond donors (Lipinski definition) is 1. The van der Waals surface area contributed by atoms with Crippen molar-refractivity contribution in [3.05, 3.63) is 132 Å². The number of hydrogen-bond acceptors (Lipinski definition) is 3. The minimum atomic E-state index is -0.281. The average Bonchev–Trinajstić information content (AvgIpc) is 3.49. The summed E-state index contributed by atoms with van der Waals surface area (Å²) >= 11 is 0. The van der Waals surface area contributed by atoms with Gasteiger partial charge in [0.05, 0.1) is 28.0 Å². The third kappa shape index (κ3) is 6.19. The molecule has 4 nitrogen and oxygen atoms in total. The molecular formula is C48H51N3O. The molecule has 2 heterocycles. The Kier molecular flexibility index (Phi) is 8.85. The van der Waals surface area contributed by atoms with Crippen molar-refractivity contribution in [2.75, 3.05) is 0 Å². The van der Waals surface area contributed by atoms with Gasteiger partial charge in [0.1, 0.15) is 11.6 Å². The lowest BCUT2D eigenvalue weighted by molar-refractivity contribution is 0.446. The largest absolute Gasteiger partial charge is 0.507 e. The van der Waals surface area contributed by atoms with Crippen molar-refractivity contribution in [3.8, 4) is 45.2 Å². The fraction of sp³-hybridized carbons (Fsp3) is 0.292. The van der Waals surface area contributed by atoms with Gasteiger partial charge in [-0.1, -0.05) is 148 Å². The molecule has 52 heavy (non-hydrogen) atoms. The van der Waals surface area contributed by atoms with Crippen LogP contribution in [0.4, 0.5) is 0 Å². The molecular weight excluding hydrogens is 635 g/mol. The molecule has 4 heteroatoms. The Morgan fingerprint density at radius 2 is 1.29 bits per heavy atom. The Bertz CT molecular complexity index is 2420. The van der Waals surface area contributed by atoms with Gasteiger partial charge in [-0.2, -0.15) is 0 Å². The SMILES string of the molecule is CC(C)c1cccc(C(C)C)c1-n1c(-c2cc(C(C)(C)C)cc(C(C)(C)C)c2O)nc2c(-c3cccc(-c4nccc5ccccc45)c3)cccc21. The summed E-state index contributed by atoms with van der Waals surface area (Å²) in [4.78, 5) is 10.4. The number of rotatable bonds is 6. The third-order valence-corrected chi connectivity index (χ3v) is 10.4. The molecule has 0 saturated carbocycles. The van der Waals surface area contributed by atoms with Crippen molar-refractivity contribution in [2.24, 2.45) is 0 Å². The molecule has 0 saturated heterocycles. The summed E-state index contributed by atoms with van der Waals surface area (Å²) in [5, 5.41) is 14.6. The molecule has 0 amide bonds. The van der Waals surface area contributed by atoms with Crippen LogP contribution in [0.25, 0.3) is 61.3 Å². The first-order valence-electron chi connectivity index (χ1n) is 18.6. The van der Waals surface area contributed by atoms with Crippen molar-refractivity contribution < 1.29 is 5.11 Å². The Hall–Kier alpha value is -5.22. The number of phenolic OH excluding ortho intramolecular Hbond substituents is 1. The Labute approximate surface area is 309 Å². The van der Waals surface area contributed by atoms with Gasteiger partial charge in [-0.25, -0.2) is 4.98 Å². The number of para-hydroxylation sites is 2. The molecule has 264 valence electrons. The van der Waals surface area contributed by atoms with E-state index in [9.17, 15) is 5.11 Å². The zero-order valence-electron chi connectivity index (χ0n) is 32.3. The molecule has 0 radical (unpaired) electrons. The van der Waals surface area contributed by atoms with E-state index in [2.05, 4.69) is 177 Å². The smallest absolute Gasteiger partial charge is 0.149 e. The number of nitrogens with zero attached hydrogens (tertiary/aromatic N) is 3. The second kappa shape index (κ2) is 13.1. The maximum atomic E-state index is 12.3. The minimum absolute atomic E-state index is 0.139. The van der Waals surface area contributed by atoms with Crippen molar-refractivity contribution in [2.45, 2.75) is 91.9 Å². The van der Waals surface area contributed by atoms with Gasteiger partial charge >= 0.3 is 0 Å². The second-order valence-corrected chi connectivity index (χ2v) is 16.9. The zero-order valence-corrected chi connectivity index (χ0v) is 32.3.